The zero-order chi connectivity index (χ0) is 13.4. The first-order valence-electron chi connectivity index (χ1n) is 5.86. The Balaban J connectivity index is 2.39. The summed E-state index contributed by atoms with van der Waals surface area (Å²) in [6, 6.07) is 6.77. The highest BCUT2D eigenvalue weighted by Crippen LogP contribution is 2.08. The fraction of sp³-hybridized carbons (Fsp3) is 0.385. The Bertz CT molecular complexity index is 388. The number of rotatable bonds is 7. The molecule has 0 atom stereocenters. The maximum Gasteiger partial charge on any atom is 0.251 e. The van der Waals surface area contributed by atoms with Crippen LogP contribution in [0.15, 0.2) is 24.3 Å². The second-order valence-electron chi connectivity index (χ2n) is 4.25. The predicted molar refractivity (Wildman–Crippen MR) is 71.6 cm³/mol. The molecule has 98 valence electrons. The number of hydrogen-bond donors (Lipinski definition) is 2. The van der Waals surface area contributed by atoms with Crippen LogP contribution in [0.1, 0.15) is 16.8 Å². The van der Waals surface area contributed by atoms with Crippen LogP contribution in [0.2, 0.25) is 0 Å². The summed E-state index contributed by atoms with van der Waals surface area (Å²) in [4.78, 5) is 24.0. The molecule has 0 radical (unpaired) electrons. The summed E-state index contributed by atoms with van der Waals surface area (Å²) in [6.07, 6.45) is 1.53. The summed E-state index contributed by atoms with van der Waals surface area (Å²) in [7, 11) is 4.00. The minimum Gasteiger partial charge on any atom is -0.352 e. The number of nitrogens with zero attached hydrogens (tertiary/aromatic N) is 1. The van der Waals surface area contributed by atoms with Crippen molar-refractivity contribution in [2.45, 2.75) is 6.42 Å². The average Bonchev–Trinajstić information content (AvgIpc) is 2.35. The maximum absolute atomic E-state index is 11.7. The molecule has 2 N–H and O–H groups in total. The molecule has 0 aromatic heterocycles. The smallest absolute Gasteiger partial charge is 0.251 e. The van der Waals surface area contributed by atoms with Gasteiger partial charge in [-0.1, -0.05) is 0 Å². The van der Waals surface area contributed by atoms with Crippen LogP contribution in [-0.4, -0.2) is 44.4 Å². The van der Waals surface area contributed by atoms with Gasteiger partial charge < -0.3 is 15.5 Å². The molecule has 18 heavy (non-hydrogen) atoms. The highest BCUT2D eigenvalue weighted by Gasteiger charge is 2.04. The van der Waals surface area contributed by atoms with Crippen LogP contribution >= 0.6 is 0 Å². The minimum atomic E-state index is -0.0913. The zero-order valence-corrected chi connectivity index (χ0v) is 10.8. The van der Waals surface area contributed by atoms with E-state index in [0.717, 1.165) is 13.0 Å². The van der Waals surface area contributed by atoms with Gasteiger partial charge >= 0.3 is 0 Å². The van der Waals surface area contributed by atoms with E-state index in [0.29, 0.717) is 24.2 Å². The molecule has 0 unspecified atom stereocenters. The van der Waals surface area contributed by atoms with Gasteiger partial charge in [-0.15, -0.1) is 0 Å². The fourth-order valence-corrected chi connectivity index (χ4v) is 1.49. The van der Waals surface area contributed by atoms with Crippen molar-refractivity contribution in [3.63, 3.8) is 0 Å². The van der Waals surface area contributed by atoms with Crippen LogP contribution in [0.25, 0.3) is 0 Å². The molecule has 0 saturated heterocycles. The highest BCUT2D eigenvalue weighted by atomic mass is 16.1. The largest absolute Gasteiger partial charge is 0.352 e. The van der Waals surface area contributed by atoms with Crippen LogP contribution in [-0.2, 0) is 4.79 Å². The lowest BCUT2D eigenvalue weighted by atomic mass is 10.2. The van der Waals surface area contributed by atoms with E-state index in [2.05, 4.69) is 15.5 Å². The Morgan fingerprint density at radius 3 is 2.50 bits per heavy atom. The van der Waals surface area contributed by atoms with E-state index in [9.17, 15) is 9.59 Å². The van der Waals surface area contributed by atoms with Gasteiger partial charge in [0.2, 0.25) is 6.41 Å². The van der Waals surface area contributed by atoms with E-state index in [1.807, 2.05) is 14.1 Å². The zero-order valence-electron chi connectivity index (χ0n) is 10.8. The second kappa shape index (κ2) is 7.45. The molecule has 0 fully saturated rings. The van der Waals surface area contributed by atoms with Gasteiger partial charge in [0.1, 0.15) is 0 Å². The summed E-state index contributed by atoms with van der Waals surface area (Å²) in [5, 5.41) is 5.37. The summed E-state index contributed by atoms with van der Waals surface area (Å²) in [6.45, 7) is 1.60. The van der Waals surface area contributed by atoms with Crippen molar-refractivity contribution in [2.75, 3.05) is 32.5 Å². The third-order valence-electron chi connectivity index (χ3n) is 2.44. The molecule has 0 aliphatic carbocycles. The van der Waals surface area contributed by atoms with Gasteiger partial charge in [0.05, 0.1) is 0 Å². The van der Waals surface area contributed by atoms with Crippen LogP contribution in [0.3, 0.4) is 0 Å². The van der Waals surface area contributed by atoms with E-state index in [4.69, 9.17) is 0 Å². The quantitative estimate of drug-likeness (QED) is 0.558. The van der Waals surface area contributed by atoms with Crippen LogP contribution in [0.5, 0.6) is 0 Å². The first kappa shape index (κ1) is 14.2. The van der Waals surface area contributed by atoms with Crippen LogP contribution in [0, 0.1) is 0 Å². The molecule has 0 spiro atoms. The number of carbonyl (C=O) groups is 2. The standard InChI is InChI=1S/C13H19N3O2/c1-16(2)9-3-8-14-13(18)11-4-6-12(7-5-11)15-10-17/h4-7,10H,3,8-9H2,1-2H3,(H,14,18)(H,15,17). The van der Waals surface area contributed by atoms with Crippen LogP contribution < -0.4 is 10.6 Å². The van der Waals surface area contributed by atoms with Gasteiger partial charge in [0, 0.05) is 17.8 Å². The molecule has 1 rings (SSSR count). The number of carbonyl (C=O) groups excluding carboxylic acids is 2. The Hall–Kier alpha value is -1.88. The molecule has 0 heterocycles. The minimum absolute atomic E-state index is 0.0913. The monoisotopic (exact) mass is 249 g/mol. The molecule has 0 bridgehead atoms. The van der Waals surface area contributed by atoms with E-state index in [-0.39, 0.29) is 5.91 Å². The van der Waals surface area contributed by atoms with E-state index in [1.165, 1.54) is 0 Å². The molecule has 5 nitrogen and oxygen atoms in total. The van der Waals surface area contributed by atoms with Gasteiger partial charge in [-0.3, -0.25) is 9.59 Å². The maximum atomic E-state index is 11.7. The number of nitrogens with one attached hydrogen (secondary N) is 2. The van der Waals surface area contributed by atoms with Gasteiger partial charge in [-0.2, -0.15) is 0 Å². The normalized spacial score (nSPS) is 10.2. The first-order chi connectivity index (χ1) is 8.63. The molecular formula is C13H19N3O2. The van der Waals surface area contributed by atoms with E-state index >= 15 is 0 Å². The lowest BCUT2D eigenvalue weighted by molar-refractivity contribution is -0.105. The van der Waals surface area contributed by atoms with Gasteiger partial charge in [-0.05, 0) is 51.3 Å². The third-order valence-corrected chi connectivity index (χ3v) is 2.44. The molecule has 2 amide bonds. The number of anilines is 1. The number of benzene rings is 1. The van der Waals surface area contributed by atoms with Crippen molar-refractivity contribution in [1.82, 2.24) is 10.2 Å². The molecule has 1 aromatic rings. The van der Waals surface area contributed by atoms with Crippen molar-refractivity contribution < 1.29 is 9.59 Å². The first-order valence-corrected chi connectivity index (χ1v) is 5.86. The van der Waals surface area contributed by atoms with E-state index < -0.39 is 0 Å². The van der Waals surface area contributed by atoms with Gasteiger partial charge in [0.15, 0.2) is 0 Å². The molecular weight excluding hydrogens is 230 g/mol. The van der Waals surface area contributed by atoms with Crippen molar-refractivity contribution in [2.24, 2.45) is 0 Å². The van der Waals surface area contributed by atoms with Gasteiger partial charge in [0.25, 0.3) is 5.91 Å². The second-order valence-corrected chi connectivity index (χ2v) is 4.25. The summed E-state index contributed by atoms with van der Waals surface area (Å²) >= 11 is 0. The fourth-order valence-electron chi connectivity index (χ4n) is 1.49. The van der Waals surface area contributed by atoms with Gasteiger partial charge in [-0.25, -0.2) is 0 Å². The Kier molecular flexibility index (Phi) is 5.87. The third kappa shape index (κ3) is 4.97. The summed E-state index contributed by atoms with van der Waals surface area (Å²) in [5.41, 5.74) is 1.27. The SMILES string of the molecule is CN(C)CCCNC(=O)c1ccc(NC=O)cc1. The van der Waals surface area contributed by atoms with Crippen molar-refractivity contribution in [3.8, 4) is 0 Å². The lowest BCUT2D eigenvalue weighted by Crippen LogP contribution is -2.27. The summed E-state index contributed by atoms with van der Waals surface area (Å²) < 4.78 is 0. The molecule has 0 saturated carbocycles. The lowest BCUT2D eigenvalue weighted by Gasteiger charge is -2.10. The number of amides is 2. The molecule has 0 aliphatic rings. The Morgan fingerprint density at radius 1 is 1.28 bits per heavy atom. The molecule has 0 aliphatic heterocycles. The average molecular weight is 249 g/mol. The number of hydrogen-bond acceptors (Lipinski definition) is 3. The predicted octanol–water partition coefficient (Wildman–Crippen LogP) is 0.936. The van der Waals surface area contributed by atoms with Crippen molar-refractivity contribution in [3.05, 3.63) is 29.8 Å². The van der Waals surface area contributed by atoms with E-state index in [1.54, 1.807) is 24.3 Å². The topological polar surface area (TPSA) is 61.4 Å². The van der Waals surface area contributed by atoms with Crippen LogP contribution in [0.4, 0.5) is 5.69 Å². The Morgan fingerprint density at radius 2 is 1.94 bits per heavy atom. The molecule has 1 aromatic carbocycles. The van der Waals surface area contributed by atoms with Crippen molar-refractivity contribution >= 4 is 18.0 Å². The molecule has 5 heteroatoms. The summed E-state index contributed by atoms with van der Waals surface area (Å²) in [5.74, 6) is -0.0913. The van der Waals surface area contributed by atoms with Crippen molar-refractivity contribution in [1.29, 1.82) is 0 Å². The Labute approximate surface area is 107 Å². The highest BCUT2D eigenvalue weighted by molar-refractivity contribution is 5.94.